The molecular formula is C25H35F6N5O3Si. The molecule has 0 saturated carbocycles. The van der Waals surface area contributed by atoms with E-state index in [2.05, 4.69) is 29.6 Å². The standard InChI is InChI=1S/C25H35F6N5O3Si/c1-40(2,3)13-12-39-18-21-14-19(24(26,27)28)17-36(21)9-11-38-10-4-22(37)34-5-7-35(8-6-34)23-32-15-20(16-33-23)25(29,30)31/h4,10,15-17,21H,5-9,11-14,18H2,1-3H3. The number of halogens is 6. The Kier molecular flexibility index (Phi) is 10.5. The lowest BCUT2D eigenvalue weighted by molar-refractivity contribution is -0.138. The molecule has 0 aromatic carbocycles. The number of carbonyl (C=O) groups is 1. The van der Waals surface area contributed by atoms with Crippen LogP contribution in [0.3, 0.4) is 0 Å². The Balaban J connectivity index is 1.41. The topological polar surface area (TPSA) is 71.0 Å². The Hall–Kier alpha value is -2.81. The summed E-state index contributed by atoms with van der Waals surface area (Å²) in [5, 5.41) is 0. The van der Waals surface area contributed by atoms with Crippen LogP contribution in [0.2, 0.25) is 25.7 Å². The molecule has 1 aromatic heterocycles. The molecule has 8 nitrogen and oxygen atoms in total. The van der Waals surface area contributed by atoms with Crippen LogP contribution in [0.5, 0.6) is 0 Å². The van der Waals surface area contributed by atoms with E-state index in [9.17, 15) is 31.1 Å². The highest BCUT2D eigenvalue weighted by Gasteiger charge is 2.40. The maximum Gasteiger partial charge on any atom is 0.419 e. The summed E-state index contributed by atoms with van der Waals surface area (Å²) in [4.78, 5) is 24.8. The van der Waals surface area contributed by atoms with Crippen molar-refractivity contribution in [2.75, 3.05) is 57.4 Å². The minimum atomic E-state index is -4.52. The number of hydrogen-bond donors (Lipinski definition) is 0. The van der Waals surface area contributed by atoms with E-state index < -0.39 is 37.6 Å². The van der Waals surface area contributed by atoms with E-state index in [1.165, 1.54) is 12.3 Å². The van der Waals surface area contributed by atoms with E-state index in [1.807, 2.05) is 0 Å². The summed E-state index contributed by atoms with van der Waals surface area (Å²) in [6, 6.07) is 0.497. The maximum atomic E-state index is 13.3. The normalized spacial score (nSPS) is 19.0. The average Bonchev–Trinajstić information content (AvgIpc) is 3.29. The van der Waals surface area contributed by atoms with Gasteiger partial charge >= 0.3 is 12.4 Å². The van der Waals surface area contributed by atoms with Gasteiger partial charge < -0.3 is 24.2 Å². The minimum Gasteiger partial charge on any atom is -0.499 e. The summed E-state index contributed by atoms with van der Waals surface area (Å²) in [5.41, 5.74) is -1.53. The van der Waals surface area contributed by atoms with Crippen molar-refractivity contribution < 1.29 is 40.6 Å². The summed E-state index contributed by atoms with van der Waals surface area (Å²) < 4.78 is 89.0. The molecule has 224 valence electrons. The molecule has 40 heavy (non-hydrogen) atoms. The molecule has 15 heteroatoms. The second-order valence-electron chi connectivity index (χ2n) is 10.9. The minimum absolute atomic E-state index is 0.0792. The highest BCUT2D eigenvalue weighted by molar-refractivity contribution is 6.76. The summed E-state index contributed by atoms with van der Waals surface area (Å²) in [5.74, 6) is -0.162. The van der Waals surface area contributed by atoms with E-state index in [1.54, 1.807) is 14.7 Å². The lowest BCUT2D eigenvalue weighted by Crippen LogP contribution is -2.48. The smallest absolute Gasteiger partial charge is 0.419 e. The van der Waals surface area contributed by atoms with Gasteiger partial charge in [0.15, 0.2) is 0 Å². The number of anilines is 1. The van der Waals surface area contributed by atoms with Crippen LogP contribution >= 0.6 is 0 Å². The zero-order valence-electron chi connectivity index (χ0n) is 22.8. The van der Waals surface area contributed by atoms with Gasteiger partial charge in [-0.15, -0.1) is 0 Å². The molecule has 0 aliphatic carbocycles. The van der Waals surface area contributed by atoms with Crippen LogP contribution in [0.4, 0.5) is 32.3 Å². The van der Waals surface area contributed by atoms with Gasteiger partial charge in [0.1, 0.15) is 6.61 Å². The van der Waals surface area contributed by atoms with Crippen molar-refractivity contribution in [3.8, 4) is 0 Å². The van der Waals surface area contributed by atoms with E-state index in [4.69, 9.17) is 9.47 Å². The predicted molar refractivity (Wildman–Crippen MR) is 139 cm³/mol. The van der Waals surface area contributed by atoms with Gasteiger partial charge in [-0.1, -0.05) is 19.6 Å². The predicted octanol–water partition coefficient (Wildman–Crippen LogP) is 4.55. The van der Waals surface area contributed by atoms with Crippen LogP contribution in [0.25, 0.3) is 0 Å². The molecule has 0 bridgehead atoms. The molecule has 1 atom stereocenters. The second kappa shape index (κ2) is 13.2. The lowest BCUT2D eigenvalue weighted by Gasteiger charge is -2.34. The molecule has 3 heterocycles. The fourth-order valence-electron chi connectivity index (χ4n) is 4.11. The zero-order chi connectivity index (χ0) is 29.6. The van der Waals surface area contributed by atoms with Crippen LogP contribution in [0, 0.1) is 0 Å². The van der Waals surface area contributed by atoms with Crippen LogP contribution < -0.4 is 4.90 Å². The van der Waals surface area contributed by atoms with Crippen LogP contribution in [0.15, 0.2) is 36.5 Å². The van der Waals surface area contributed by atoms with Gasteiger partial charge in [-0.3, -0.25) is 4.79 Å². The zero-order valence-corrected chi connectivity index (χ0v) is 23.8. The fraction of sp³-hybridized carbons (Fsp3) is 0.640. The van der Waals surface area contributed by atoms with Gasteiger partial charge in [0.05, 0.1) is 36.6 Å². The van der Waals surface area contributed by atoms with E-state index in [-0.39, 0.29) is 38.0 Å². The molecule has 0 N–H and O–H groups in total. The number of ether oxygens (including phenoxy) is 2. The largest absolute Gasteiger partial charge is 0.499 e. The highest BCUT2D eigenvalue weighted by atomic mass is 28.3. The number of hydrogen-bond acceptors (Lipinski definition) is 7. The van der Waals surface area contributed by atoms with Gasteiger partial charge in [0.25, 0.3) is 0 Å². The Morgan fingerprint density at radius 3 is 2.25 bits per heavy atom. The van der Waals surface area contributed by atoms with Crippen molar-refractivity contribution >= 4 is 19.9 Å². The first-order valence-corrected chi connectivity index (χ1v) is 16.7. The van der Waals surface area contributed by atoms with Crippen LogP contribution in [-0.4, -0.2) is 98.5 Å². The van der Waals surface area contributed by atoms with Crippen molar-refractivity contribution in [2.45, 2.75) is 50.5 Å². The summed E-state index contributed by atoms with van der Waals surface area (Å²) in [6.45, 7) is 8.91. The Bertz CT molecular complexity index is 1040. The monoisotopic (exact) mass is 595 g/mol. The van der Waals surface area contributed by atoms with Gasteiger partial charge in [0.2, 0.25) is 11.9 Å². The molecule has 0 radical (unpaired) electrons. The first-order valence-electron chi connectivity index (χ1n) is 13.0. The molecule has 0 spiro atoms. The average molecular weight is 596 g/mol. The first-order chi connectivity index (χ1) is 18.6. The Morgan fingerprint density at radius 2 is 1.68 bits per heavy atom. The van der Waals surface area contributed by atoms with Crippen LogP contribution in [0.1, 0.15) is 12.0 Å². The SMILES string of the molecule is C[Si](C)(C)CCOCC1CC(C(F)(F)F)=CN1CCOC=CC(=O)N1CCN(c2ncc(C(F)(F)F)cn2)CC1. The molecule has 1 amide bonds. The first kappa shape index (κ1) is 31.7. The number of amides is 1. The fourth-order valence-corrected chi connectivity index (χ4v) is 4.87. The number of carbonyl (C=O) groups excluding carboxylic acids is 1. The number of rotatable bonds is 11. The molecular weight excluding hydrogens is 560 g/mol. The number of nitrogens with zero attached hydrogens (tertiary/aromatic N) is 5. The van der Waals surface area contributed by atoms with Gasteiger partial charge in [-0.2, -0.15) is 26.3 Å². The third kappa shape index (κ3) is 9.68. The third-order valence-corrected chi connectivity index (χ3v) is 8.23. The van der Waals surface area contributed by atoms with Gasteiger partial charge in [0, 0.05) is 72.0 Å². The van der Waals surface area contributed by atoms with Gasteiger partial charge in [-0.25, -0.2) is 9.97 Å². The van der Waals surface area contributed by atoms with E-state index in [0.717, 1.165) is 24.6 Å². The molecule has 1 unspecified atom stereocenters. The summed E-state index contributed by atoms with van der Waals surface area (Å²) >= 11 is 0. The number of alkyl halides is 6. The van der Waals surface area contributed by atoms with E-state index in [0.29, 0.717) is 32.8 Å². The van der Waals surface area contributed by atoms with Crippen molar-refractivity contribution in [3.63, 3.8) is 0 Å². The van der Waals surface area contributed by atoms with Crippen molar-refractivity contribution in [2.24, 2.45) is 0 Å². The van der Waals surface area contributed by atoms with Gasteiger partial charge in [-0.05, 0) is 6.04 Å². The van der Waals surface area contributed by atoms with Crippen LogP contribution in [-0.2, 0) is 20.4 Å². The highest BCUT2D eigenvalue weighted by Crippen LogP contribution is 2.35. The molecule has 3 rings (SSSR count). The summed E-state index contributed by atoms with van der Waals surface area (Å²) in [7, 11) is -1.31. The molecule has 2 aliphatic heterocycles. The molecule has 1 aromatic rings. The molecule has 2 aliphatic rings. The summed E-state index contributed by atoms with van der Waals surface area (Å²) in [6.07, 6.45) is -4.03. The maximum absolute atomic E-state index is 13.3. The Morgan fingerprint density at radius 1 is 1.02 bits per heavy atom. The van der Waals surface area contributed by atoms with Crippen molar-refractivity contribution in [1.82, 2.24) is 19.8 Å². The second-order valence-corrected chi connectivity index (χ2v) is 16.5. The van der Waals surface area contributed by atoms with E-state index >= 15 is 0 Å². The lowest BCUT2D eigenvalue weighted by atomic mass is 10.1. The Labute approximate surface area is 230 Å². The molecule has 1 fully saturated rings. The molecule has 1 saturated heterocycles. The number of piperazine rings is 1. The van der Waals surface area contributed by atoms with Crippen molar-refractivity contribution in [3.05, 3.63) is 42.1 Å². The number of aromatic nitrogens is 2. The third-order valence-electron chi connectivity index (χ3n) is 6.53. The van der Waals surface area contributed by atoms with Crippen molar-refractivity contribution in [1.29, 1.82) is 0 Å². The quantitative estimate of drug-likeness (QED) is 0.122.